The molecule has 0 N–H and O–H groups in total. The zero-order valence-corrected chi connectivity index (χ0v) is 17.2. The number of fused-ring (bicyclic) bond motifs is 1. The maximum atomic E-state index is 13.2. The summed E-state index contributed by atoms with van der Waals surface area (Å²) in [5, 5.41) is 14.6. The molecular formula is C22H17FN6OS. The van der Waals surface area contributed by atoms with Gasteiger partial charge in [0.1, 0.15) is 17.2 Å². The fourth-order valence-electron chi connectivity index (χ4n) is 3.08. The first-order valence-electron chi connectivity index (χ1n) is 9.47. The first kappa shape index (κ1) is 20.5. The second-order valence-corrected chi connectivity index (χ2v) is 7.49. The molecule has 0 aliphatic carbocycles. The van der Waals surface area contributed by atoms with Crippen LogP contribution in [-0.4, -0.2) is 38.0 Å². The van der Waals surface area contributed by atoms with Gasteiger partial charge in [-0.25, -0.2) is 19.0 Å². The Labute approximate surface area is 182 Å². The molecular weight excluding hydrogens is 415 g/mol. The maximum Gasteiger partial charge on any atom is 0.237 e. The first-order valence-corrected chi connectivity index (χ1v) is 10.5. The van der Waals surface area contributed by atoms with Gasteiger partial charge in [-0.1, -0.05) is 30.0 Å². The van der Waals surface area contributed by atoms with Gasteiger partial charge in [-0.05, 0) is 36.4 Å². The van der Waals surface area contributed by atoms with E-state index in [0.29, 0.717) is 28.3 Å². The average Bonchev–Trinajstić information content (AvgIpc) is 3.24. The third kappa shape index (κ3) is 4.54. The van der Waals surface area contributed by atoms with Crippen molar-refractivity contribution >= 4 is 34.4 Å². The normalized spacial score (nSPS) is 10.7. The first-order chi connectivity index (χ1) is 15.2. The lowest BCUT2D eigenvalue weighted by Gasteiger charge is -2.21. The van der Waals surface area contributed by atoms with Crippen molar-refractivity contribution in [2.45, 2.75) is 11.4 Å². The lowest BCUT2D eigenvalue weighted by Crippen LogP contribution is -2.33. The van der Waals surface area contributed by atoms with Gasteiger partial charge >= 0.3 is 0 Å². The van der Waals surface area contributed by atoms with E-state index in [0.717, 1.165) is 5.69 Å². The SMILES string of the molecule is N#CCCN(C(=O)CSc1ncnc2c1cnn2-c1ccc(F)cc1)c1ccccc1. The predicted octanol–water partition coefficient (Wildman–Crippen LogP) is 3.99. The fourth-order valence-corrected chi connectivity index (χ4v) is 3.92. The summed E-state index contributed by atoms with van der Waals surface area (Å²) in [5.41, 5.74) is 2.00. The van der Waals surface area contributed by atoms with E-state index in [4.69, 9.17) is 5.26 Å². The number of benzene rings is 2. The molecule has 31 heavy (non-hydrogen) atoms. The number of aromatic nitrogens is 4. The van der Waals surface area contributed by atoms with Crippen LogP contribution in [0.4, 0.5) is 10.1 Å². The van der Waals surface area contributed by atoms with Crippen molar-refractivity contribution in [2.24, 2.45) is 0 Å². The summed E-state index contributed by atoms with van der Waals surface area (Å²) >= 11 is 1.29. The largest absolute Gasteiger partial charge is 0.311 e. The number of hydrogen-bond acceptors (Lipinski definition) is 6. The van der Waals surface area contributed by atoms with Crippen molar-refractivity contribution in [3.8, 4) is 11.8 Å². The quantitative estimate of drug-likeness (QED) is 0.324. The standard InChI is InChI=1S/C22H17FN6OS/c23-16-7-9-18(10-8-16)29-21-19(13-27-29)22(26-15-25-21)31-14-20(30)28(12-4-11-24)17-5-2-1-3-6-17/h1-3,5-10,13,15H,4,12,14H2. The second kappa shape index (κ2) is 9.36. The van der Waals surface area contributed by atoms with E-state index in [9.17, 15) is 9.18 Å². The summed E-state index contributed by atoms with van der Waals surface area (Å²) in [6.07, 6.45) is 3.30. The molecule has 0 spiro atoms. The van der Waals surface area contributed by atoms with Crippen molar-refractivity contribution in [3.63, 3.8) is 0 Å². The van der Waals surface area contributed by atoms with E-state index < -0.39 is 0 Å². The lowest BCUT2D eigenvalue weighted by molar-refractivity contribution is -0.116. The third-order valence-electron chi connectivity index (χ3n) is 4.55. The third-order valence-corrected chi connectivity index (χ3v) is 5.54. The highest BCUT2D eigenvalue weighted by Gasteiger charge is 2.18. The van der Waals surface area contributed by atoms with Crippen LogP contribution < -0.4 is 4.90 Å². The Hall–Kier alpha value is -3.77. The Morgan fingerprint density at radius 1 is 1.13 bits per heavy atom. The van der Waals surface area contributed by atoms with Crippen LogP contribution in [0.2, 0.25) is 0 Å². The number of amides is 1. The van der Waals surface area contributed by atoms with Gasteiger partial charge in [0.25, 0.3) is 0 Å². The maximum absolute atomic E-state index is 13.2. The van der Waals surface area contributed by atoms with Crippen molar-refractivity contribution in [1.29, 1.82) is 5.26 Å². The Balaban J connectivity index is 1.55. The monoisotopic (exact) mass is 432 g/mol. The van der Waals surface area contributed by atoms with Crippen LogP contribution in [0.25, 0.3) is 16.7 Å². The lowest BCUT2D eigenvalue weighted by atomic mass is 10.2. The Kier molecular flexibility index (Phi) is 6.19. The molecule has 0 aliphatic rings. The van der Waals surface area contributed by atoms with Crippen LogP contribution in [-0.2, 0) is 4.79 Å². The van der Waals surface area contributed by atoms with Crippen molar-refractivity contribution in [1.82, 2.24) is 19.7 Å². The summed E-state index contributed by atoms with van der Waals surface area (Å²) in [7, 11) is 0. The number of carbonyl (C=O) groups is 1. The molecule has 4 rings (SSSR count). The van der Waals surface area contributed by atoms with Crippen molar-refractivity contribution in [3.05, 3.63) is 72.9 Å². The predicted molar refractivity (Wildman–Crippen MR) is 116 cm³/mol. The summed E-state index contributed by atoms with van der Waals surface area (Å²) in [5.74, 6) is -0.304. The van der Waals surface area contributed by atoms with E-state index in [1.54, 1.807) is 27.9 Å². The topological polar surface area (TPSA) is 87.7 Å². The van der Waals surface area contributed by atoms with E-state index >= 15 is 0 Å². The van der Waals surface area contributed by atoms with Crippen molar-refractivity contribution < 1.29 is 9.18 Å². The smallest absolute Gasteiger partial charge is 0.237 e. The number of rotatable bonds is 7. The summed E-state index contributed by atoms with van der Waals surface area (Å²) < 4.78 is 14.8. The molecule has 2 heterocycles. The molecule has 0 aliphatic heterocycles. The van der Waals surface area contributed by atoms with Crippen LogP contribution in [0.5, 0.6) is 0 Å². The van der Waals surface area contributed by atoms with Crippen LogP contribution in [0, 0.1) is 17.1 Å². The molecule has 0 saturated carbocycles. The minimum absolute atomic E-state index is 0.121. The Morgan fingerprint density at radius 3 is 2.65 bits per heavy atom. The van der Waals surface area contributed by atoms with Crippen LogP contribution in [0.3, 0.4) is 0 Å². The fraction of sp³-hybridized carbons (Fsp3) is 0.136. The molecule has 154 valence electrons. The van der Waals surface area contributed by atoms with Crippen LogP contribution in [0.15, 0.2) is 72.1 Å². The number of halogens is 1. The molecule has 0 fully saturated rings. The highest BCUT2D eigenvalue weighted by Crippen LogP contribution is 2.27. The Bertz CT molecular complexity index is 1240. The van der Waals surface area contributed by atoms with Gasteiger partial charge in [0, 0.05) is 12.2 Å². The zero-order valence-electron chi connectivity index (χ0n) is 16.3. The second-order valence-electron chi connectivity index (χ2n) is 6.53. The van der Waals surface area contributed by atoms with Gasteiger partial charge in [0.05, 0.1) is 35.5 Å². The molecule has 0 saturated heterocycles. The zero-order chi connectivity index (χ0) is 21.6. The number of hydrogen-bond donors (Lipinski definition) is 0. The molecule has 0 unspecified atom stereocenters. The molecule has 2 aromatic carbocycles. The average molecular weight is 432 g/mol. The summed E-state index contributed by atoms with van der Waals surface area (Å²) in [6, 6.07) is 17.3. The number of nitrogens with zero attached hydrogens (tertiary/aromatic N) is 6. The van der Waals surface area contributed by atoms with Gasteiger partial charge < -0.3 is 4.90 Å². The molecule has 1 amide bonds. The highest BCUT2D eigenvalue weighted by molar-refractivity contribution is 8.00. The molecule has 9 heteroatoms. The molecule has 2 aromatic heterocycles. The van der Waals surface area contributed by atoms with Gasteiger partial charge in [-0.15, -0.1) is 0 Å². The van der Waals surface area contributed by atoms with Crippen LogP contribution in [0.1, 0.15) is 6.42 Å². The molecule has 0 bridgehead atoms. The molecule has 0 atom stereocenters. The number of nitriles is 1. The number of carbonyl (C=O) groups excluding carboxylic acids is 1. The Morgan fingerprint density at radius 2 is 1.90 bits per heavy atom. The summed E-state index contributed by atoms with van der Waals surface area (Å²) in [6.45, 7) is 0.321. The number of para-hydroxylation sites is 1. The van der Waals surface area contributed by atoms with Gasteiger partial charge in [-0.3, -0.25) is 4.79 Å². The highest BCUT2D eigenvalue weighted by atomic mass is 32.2. The van der Waals surface area contributed by atoms with E-state index in [-0.39, 0.29) is 23.9 Å². The molecule has 0 radical (unpaired) electrons. The number of thioether (sulfide) groups is 1. The minimum atomic E-state index is -0.330. The van der Waals surface area contributed by atoms with Crippen molar-refractivity contribution in [2.75, 3.05) is 17.2 Å². The van der Waals surface area contributed by atoms with Crippen LogP contribution >= 0.6 is 11.8 Å². The molecule has 4 aromatic rings. The minimum Gasteiger partial charge on any atom is -0.311 e. The van der Waals surface area contributed by atoms with E-state index in [1.807, 2.05) is 30.3 Å². The van der Waals surface area contributed by atoms with E-state index in [1.165, 1.54) is 30.2 Å². The van der Waals surface area contributed by atoms with Gasteiger partial charge in [-0.2, -0.15) is 10.4 Å². The summed E-state index contributed by atoms with van der Waals surface area (Å²) in [4.78, 5) is 23.1. The molecule has 7 nitrogen and oxygen atoms in total. The number of anilines is 1. The van der Waals surface area contributed by atoms with Gasteiger partial charge in [0.15, 0.2) is 5.65 Å². The van der Waals surface area contributed by atoms with E-state index in [2.05, 4.69) is 21.1 Å². The van der Waals surface area contributed by atoms with Gasteiger partial charge in [0.2, 0.25) is 5.91 Å².